The fourth-order valence-corrected chi connectivity index (χ4v) is 3.69. The zero-order valence-electron chi connectivity index (χ0n) is 7.56. The second kappa shape index (κ2) is 3.38. The maximum atomic E-state index is 10.9. The van der Waals surface area contributed by atoms with Gasteiger partial charge in [0.15, 0.2) is 9.84 Å². The molecule has 76 valence electrons. The van der Waals surface area contributed by atoms with E-state index in [1.807, 2.05) is 0 Å². The van der Waals surface area contributed by atoms with Crippen LogP contribution in [0, 0.1) is 5.41 Å². The van der Waals surface area contributed by atoms with E-state index in [-0.39, 0.29) is 11.5 Å². The molecular formula is C8H14O4S. The highest BCUT2D eigenvalue weighted by Crippen LogP contribution is 2.35. The van der Waals surface area contributed by atoms with E-state index < -0.39 is 21.4 Å². The fourth-order valence-electron chi connectivity index (χ4n) is 1.60. The van der Waals surface area contributed by atoms with Crippen LogP contribution in [0.2, 0.25) is 0 Å². The Balaban J connectivity index is 2.51. The predicted molar refractivity (Wildman–Crippen MR) is 48.1 cm³/mol. The van der Waals surface area contributed by atoms with Gasteiger partial charge >= 0.3 is 0 Å². The average molecular weight is 206 g/mol. The van der Waals surface area contributed by atoms with Crippen LogP contribution in [0.4, 0.5) is 0 Å². The zero-order chi connectivity index (χ0) is 10.1. The van der Waals surface area contributed by atoms with Gasteiger partial charge in [-0.3, -0.25) is 0 Å². The summed E-state index contributed by atoms with van der Waals surface area (Å²) in [6.07, 6.45) is 1.19. The average Bonchev–Trinajstić information content (AvgIpc) is 1.96. The lowest BCUT2D eigenvalue weighted by Gasteiger charge is -2.36. The third kappa shape index (κ3) is 2.51. The molecule has 1 rings (SSSR count). The van der Waals surface area contributed by atoms with Crippen molar-refractivity contribution < 1.29 is 18.3 Å². The van der Waals surface area contributed by atoms with Crippen molar-refractivity contribution in [3.05, 3.63) is 0 Å². The molecule has 1 saturated heterocycles. The molecule has 4 nitrogen and oxygen atoms in total. The number of aliphatic hydroxyl groups is 1. The first-order chi connectivity index (χ1) is 5.89. The molecule has 1 N–H and O–H groups in total. The van der Waals surface area contributed by atoms with Crippen LogP contribution in [-0.2, 0) is 14.6 Å². The first-order valence-electron chi connectivity index (χ1n) is 4.24. The predicted octanol–water partition coefficient (Wildman–Crippen LogP) is -0.239. The Bertz CT molecular complexity index is 279. The Morgan fingerprint density at radius 1 is 1.54 bits per heavy atom. The first-order valence-corrected chi connectivity index (χ1v) is 6.06. The van der Waals surface area contributed by atoms with Crippen molar-refractivity contribution in [1.29, 1.82) is 0 Å². The van der Waals surface area contributed by atoms with E-state index >= 15 is 0 Å². The summed E-state index contributed by atoms with van der Waals surface area (Å²) in [5.41, 5.74) is -0.699. The molecule has 0 amide bonds. The van der Waals surface area contributed by atoms with Gasteiger partial charge in [0.2, 0.25) is 0 Å². The monoisotopic (exact) mass is 206 g/mol. The van der Waals surface area contributed by atoms with E-state index in [1.54, 1.807) is 6.92 Å². The van der Waals surface area contributed by atoms with Crippen LogP contribution in [-0.4, -0.2) is 37.4 Å². The van der Waals surface area contributed by atoms with Crippen LogP contribution < -0.4 is 0 Å². The zero-order valence-corrected chi connectivity index (χ0v) is 8.38. The van der Waals surface area contributed by atoms with Gasteiger partial charge in [0, 0.05) is 0 Å². The molecule has 0 aliphatic carbocycles. The Morgan fingerprint density at radius 3 is 2.38 bits per heavy atom. The van der Waals surface area contributed by atoms with E-state index in [2.05, 4.69) is 0 Å². The lowest BCUT2D eigenvalue weighted by atomic mass is 9.87. The van der Waals surface area contributed by atoms with Crippen LogP contribution in [0.1, 0.15) is 19.8 Å². The topological polar surface area (TPSA) is 71.4 Å². The van der Waals surface area contributed by atoms with Gasteiger partial charge in [0.05, 0.1) is 23.0 Å². The van der Waals surface area contributed by atoms with Gasteiger partial charge in [-0.1, -0.05) is 0 Å². The third-order valence-corrected chi connectivity index (χ3v) is 4.35. The van der Waals surface area contributed by atoms with Gasteiger partial charge in [0.1, 0.15) is 6.29 Å². The summed E-state index contributed by atoms with van der Waals surface area (Å²) in [5.74, 6) is -0.0908. The molecule has 1 heterocycles. The second-order valence-corrected chi connectivity index (χ2v) is 5.96. The lowest BCUT2D eigenvalue weighted by Crippen LogP contribution is -2.49. The van der Waals surface area contributed by atoms with E-state index in [4.69, 9.17) is 5.11 Å². The molecule has 13 heavy (non-hydrogen) atoms. The van der Waals surface area contributed by atoms with Crippen molar-refractivity contribution in [2.75, 3.05) is 11.5 Å². The summed E-state index contributed by atoms with van der Waals surface area (Å²) in [6.45, 7) is 1.63. The SMILES string of the molecule is CC(O)CCC1(C=O)CS(=O)(=O)C1. The molecule has 1 atom stereocenters. The number of sulfone groups is 1. The minimum absolute atomic E-state index is 0.0454. The summed E-state index contributed by atoms with van der Waals surface area (Å²) in [7, 11) is -2.96. The van der Waals surface area contributed by atoms with Gasteiger partial charge in [0.25, 0.3) is 0 Å². The van der Waals surface area contributed by atoms with E-state index in [0.717, 1.165) is 6.29 Å². The maximum absolute atomic E-state index is 10.9. The number of carbonyl (C=O) groups excluding carboxylic acids is 1. The van der Waals surface area contributed by atoms with Crippen LogP contribution in [0.15, 0.2) is 0 Å². The third-order valence-electron chi connectivity index (χ3n) is 2.32. The van der Waals surface area contributed by atoms with Crippen molar-refractivity contribution in [2.45, 2.75) is 25.9 Å². The molecule has 1 unspecified atom stereocenters. The maximum Gasteiger partial charge on any atom is 0.152 e. The summed E-state index contributed by atoms with van der Waals surface area (Å²) < 4.78 is 21.8. The molecule has 0 bridgehead atoms. The number of hydrogen-bond donors (Lipinski definition) is 1. The molecule has 1 aliphatic rings. The van der Waals surface area contributed by atoms with Crippen molar-refractivity contribution in [2.24, 2.45) is 5.41 Å². The molecule has 0 spiro atoms. The number of hydrogen-bond acceptors (Lipinski definition) is 4. The molecule has 5 heteroatoms. The molecule has 0 aromatic rings. The largest absolute Gasteiger partial charge is 0.393 e. The van der Waals surface area contributed by atoms with Crippen molar-refractivity contribution in [1.82, 2.24) is 0 Å². The van der Waals surface area contributed by atoms with Crippen LogP contribution in [0.3, 0.4) is 0 Å². The smallest absolute Gasteiger partial charge is 0.152 e. The van der Waals surface area contributed by atoms with Crippen molar-refractivity contribution >= 4 is 16.1 Å². The highest BCUT2D eigenvalue weighted by Gasteiger charge is 2.48. The Morgan fingerprint density at radius 2 is 2.08 bits per heavy atom. The summed E-state index contributed by atoms with van der Waals surface area (Å²) in [5, 5.41) is 9.00. The second-order valence-electron chi connectivity index (χ2n) is 3.90. The number of carbonyl (C=O) groups is 1. The van der Waals surface area contributed by atoms with E-state index in [9.17, 15) is 13.2 Å². The highest BCUT2D eigenvalue weighted by atomic mass is 32.2. The molecule has 0 saturated carbocycles. The molecule has 0 aromatic heterocycles. The van der Waals surface area contributed by atoms with Crippen LogP contribution in [0.25, 0.3) is 0 Å². The van der Waals surface area contributed by atoms with E-state index in [0.29, 0.717) is 12.8 Å². The molecule has 0 aromatic carbocycles. The molecule has 0 radical (unpaired) electrons. The minimum atomic E-state index is -2.96. The van der Waals surface area contributed by atoms with Crippen molar-refractivity contribution in [3.8, 4) is 0 Å². The van der Waals surface area contributed by atoms with E-state index in [1.165, 1.54) is 0 Å². The van der Waals surface area contributed by atoms with Gasteiger partial charge < -0.3 is 9.90 Å². The van der Waals surface area contributed by atoms with Crippen molar-refractivity contribution in [3.63, 3.8) is 0 Å². The fraction of sp³-hybridized carbons (Fsp3) is 0.875. The van der Waals surface area contributed by atoms with Gasteiger partial charge in [-0.25, -0.2) is 8.42 Å². The Labute approximate surface area is 77.9 Å². The van der Waals surface area contributed by atoms with Gasteiger partial charge in [-0.2, -0.15) is 0 Å². The van der Waals surface area contributed by atoms with Crippen LogP contribution in [0.5, 0.6) is 0 Å². The lowest BCUT2D eigenvalue weighted by molar-refractivity contribution is -0.115. The van der Waals surface area contributed by atoms with Gasteiger partial charge in [-0.15, -0.1) is 0 Å². The standard InChI is InChI=1S/C8H14O4S/c1-7(10)2-3-8(4-9)5-13(11,12)6-8/h4,7,10H,2-3,5-6H2,1H3. The summed E-state index contributed by atoms with van der Waals surface area (Å²) in [6, 6.07) is 0. The Hall–Kier alpha value is -0.420. The summed E-state index contributed by atoms with van der Waals surface area (Å²) in [4.78, 5) is 10.7. The minimum Gasteiger partial charge on any atom is -0.393 e. The number of rotatable bonds is 4. The quantitative estimate of drug-likeness (QED) is 0.644. The Kier molecular flexibility index (Phi) is 2.77. The normalized spacial score (nSPS) is 26.0. The summed E-state index contributed by atoms with van der Waals surface area (Å²) >= 11 is 0. The highest BCUT2D eigenvalue weighted by molar-refractivity contribution is 7.93. The number of aliphatic hydroxyl groups excluding tert-OH is 1. The number of aldehydes is 1. The van der Waals surface area contributed by atoms with Crippen LogP contribution >= 0.6 is 0 Å². The first kappa shape index (κ1) is 10.7. The van der Waals surface area contributed by atoms with Gasteiger partial charge in [-0.05, 0) is 19.8 Å². The molecular weight excluding hydrogens is 192 g/mol. The molecule has 1 aliphatic heterocycles. The molecule has 1 fully saturated rings.